The Balaban J connectivity index is 2.12. The second-order valence-electron chi connectivity index (χ2n) is 4.40. The van der Waals surface area contributed by atoms with Crippen LogP contribution in [0.15, 0.2) is 18.2 Å². The fourth-order valence-corrected chi connectivity index (χ4v) is 2.25. The van der Waals surface area contributed by atoms with Crippen molar-refractivity contribution in [3.63, 3.8) is 0 Å². The highest BCUT2D eigenvalue weighted by Crippen LogP contribution is 2.32. The summed E-state index contributed by atoms with van der Waals surface area (Å²) < 4.78 is 32.5. The van der Waals surface area contributed by atoms with Crippen molar-refractivity contribution in [1.82, 2.24) is 5.32 Å². The Bertz CT molecular complexity index is 378. The molecule has 2 rings (SSSR count). The number of ether oxygens (including phenoxy) is 1. The van der Waals surface area contributed by atoms with Gasteiger partial charge in [0.2, 0.25) is 0 Å². The van der Waals surface area contributed by atoms with Crippen molar-refractivity contribution in [3.05, 3.63) is 29.6 Å². The molecule has 1 aliphatic rings. The van der Waals surface area contributed by atoms with E-state index in [4.69, 9.17) is 4.74 Å². The first-order valence-corrected chi connectivity index (χ1v) is 5.90. The maximum Gasteiger partial charge on any atom is 0.165 e. The molecule has 1 fully saturated rings. The Kier molecular flexibility index (Phi) is 3.94. The molecule has 94 valence electrons. The van der Waals surface area contributed by atoms with Crippen LogP contribution < -0.4 is 10.1 Å². The van der Waals surface area contributed by atoms with Gasteiger partial charge in [-0.3, -0.25) is 0 Å². The van der Waals surface area contributed by atoms with Crippen LogP contribution in [0.1, 0.15) is 24.6 Å². The minimum absolute atomic E-state index is 0.0588. The SMILES string of the molecule is COc1ccc(C(F)C2CCCNC2)cc1F. The molecule has 1 aliphatic heterocycles. The highest BCUT2D eigenvalue weighted by atomic mass is 19.1. The predicted molar refractivity (Wildman–Crippen MR) is 62.4 cm³/mol. The van der Waals surface area contributed by atoms with E-state index in [1.54, 1.807) is 6.07 Å². The van der Waals surface area contributed by atoms with Crippen molar-refractivity contribution < 1.29 is 13.5 Å². The first-order valence-electron chi connectivity index (χ1n) is 5.90. The summed E-state index contributed by atoms with van der Waals surface area (Å²) in [6, 6.07) is 4.31. The lowest BCUT2D eigenvalue weighted by atomic mass is 9.90. The van der Waals surface area contributed by atoms with Crippen LogP contribution in [-0.4, -0.2) is 20.2 Å². The lowest BCUT2D eigenvalue weighted by Crippen LogP contribution is -2.32. The molecule has 17 heavy (non-hydrogen) atoms. The van der Waals surface area contributed by atoms with Crippen molar-refractivity contribution >= 4 is 0 Å². The van der Waals surface area contributed by atoms with Gasteiger partial charge >= 0.3 is 0 Å². The van der Waals surface area contributed by atoms with E-state index in [9.17, 15) is 8.78 Å². The van der Waals surface area contributed by atoms with Crippen molar-refractivity contribution in [2.45, 2.75) is 19.0 Å². The lowest BCUT2D eigenvalue weighted by molar-refractivity contribution is 0.194. The van der Waals surface area contributed by atoms with Gasteiger partial charge in [0.05, 0.1) is 7.11 Å². The minimum Gasteiger partial charge on any atom is -0.494 e. The number of alkyl halides is 1. The topological polar surface area (TPSA) is 21.3 Å². The number of methoxy groups -OCH3 is 1. The summed E-state index contributed by atoms with van der Waals surface area (Å²) in [5, 5.41) is 3.16. The van der Waals surface area contributed by atoms with Crippen molar-refractivity contribution in [3.8, 4) is 5.75 Å². The number of piperidine rings is 1. The van der Waals surface area contributed by atoms with E-state index in [0.29, 0.717) is 12.1 Å². The van der Waals surface area contributed by atoms with Crippen LogP contribution in [0.25, 0.3) is 0 Å². The standard InChI is InChI=1S/C13H17F2NO/c1-17-12-5-4-9(7-11(12)14)13(15)10-3-2-6-16-8-10/h4-5,7,10,13,16H,2-3,6,8H2,1H3. The summed E-state index contributed by atoms with van der Waals surface area (Å²) >= 11 is 0. The number of hydrogen-bond donors (Lipinski definition) is 1. The molecule has 2 unspecified atom stereocenters. The first kappa shape index (κ1) is 12.3. The quantitative estimate of drug-likeness (QED) is 0.878. The molecule has 0 spiro atoms. The molecule has 0 bridgehead atoms. The number of halogens is 2. The molecular weight excluding hydrogens is 224 g/mol. The maximum atomic E-state index is 14.2. The van der Waals surface area contributed by atoms with Crippen LogP contribution >= 0.6 is 0 Å². The average Bonchev–Trinajstić information content (AvgIpc) is 2.39. The zero-order valence-corrected chi connectivity index (χ0v) is 9.88. The van der Waals surface area contributed by atoms with E-state index in [-0.39, 0.29) is 11.7 Å². The average molecular weight is 241 g/mol. The van der Waals surface area contributed by atoms with Gasteiger partial charge in [-0.25, -0.2) is 8.78 Å². The largest absolute Gasteiger partial charge is 0.494 e. The van der Waals surface area contributed by atoms with E-state index >= 15 is 0 Å². The van der Waals surface area contributed by atoms with Gasteiger partial charge in [-0.15, -0.1) is 0 Å². The van der Waals surface area contributed by atoms with Crippen LogP contribution in [0.5, 0.6) is 5.75 Å². The van der Waals surface area contributed by atoms with Crippen molar-refractivity contribution in [2.75, 3.05) is 20.2 Å². The molecule has 2 nitrogen and oxygen atoms in total. The van der Waals surface area contributed by atoms with Crippen LogP contribution in [0.2, 0.25) is 0 Å². The predicted octanol–water partition coefficient (Wildman–Crippen LogP) is 2.84. The van der Waals surface area contributed by atoms with Gasteiger partial charge in [-0.05, 0) is 37.1 Å². The first-order chi connectivity index (χ1) is 8.22. The number of rotatable bonds is 3. The summed E-state index contributed by atoms with van der Waals surface area (Å²) in [4.78, 5) is 0. The lowest BCUT2D eigenvalue weighted by Gasteiger charge is -2.26. The van der Waals surface area contributed by atoms with E-state index in [2.05, 4.69) is 5.32 Å². The molecule has 1 N–H and O–H groups in total. The Hall–Kier alpha value is -1.16. The Morgan fingerprint density at radius 3 is 2.88 bits per heavy atom. The summed E-state index contributed by atoms with van der Waals surface area (Å²) in [6.45, 7) is 1.61. The Labute approximate surface area is 100.0 Å². The third-order valence-electron chi connectivity index (χ3n) is 3.24. The van der Waals surface area contributed by atoms with Gasteiger partial charge in [-0.1, -0.05) is 6.07 Å². The summed E-state index contributed by atoms with van der Waals surface area (Å²) in [6.07, 6.45) is 0.717. The van der Waals surface area contributed by atoms with Crippen molar-refractivity contribution in [2.24, 2.45) is 5.92 Å². The molecule has 4 heteroatoms. The van der Waals surface area contributed by atoms with Gasteiger partial charge in [0.25, 0.3) is 0 Å². The molecule has 0 amide bonds. The van der Waals surface area contributed by atoms with Gasteiger partial charge in [-0.2, -0.15) is 0 Å². The van der Waals surface area contributed by atoms with Crippen LogP contribution in [0.4, 0.5) is 8.78 Å². The molecular formula is C13H17F2NO. The number of nitrogens with one attached hydrogen (secondary N) is 1. The highest BCUT2D eigenvalue weighted by Gasteiger charge is 2.25. The third kappa shape index (κ3) is 2.75. The molecule has 2 atom stereocenters. The number of benzene rings is 1. The summed E-state index contributed by atoms with van der Waals surface area (Å²) in [7, 11) is 1.40. The zero-order valence-electron chi connectivity index (χ0n) is 9.88. The van der Waals surface area contributed by atoms with Gasteiger partial charge < -0.3 is 10.1 Å². The fraction of sp³-hybridized carbons (Fsp3) is 0.538. The molecule has 1 saturated heterocycles. The minimum atomic E-state index is -1.11. The monoisotopic (exact) mass is 241 g/mol. The van der Waals surface area contributed by atoms with Gasteiger partial charge in [0.1, 0.15) is 6.17 Å². The normalized spacial score (nSPS) is 22.2. The third-order valence-corrected chi connectivity index (χ3v) is 3.24. The molecule has 0 radical (unpaired) electrons. The summed E-state index contributed by atoms with van der Waals surface area (Å²) in [5.74, 6) is -0.407. The van der Waals surface area contributed by atoms with E-state index in [0.717, 1.165) is 19.4 Å². The van der Waals surface area contributed by atoms with Crippen LogP contribution in [0, 0.1) is 11.7 Å². The van der Waals surface area contributed by atoms with Gasteiger partial charge in [0.15, 0.2) is 11.6 Å². The number of hydrogen-bond acceptors (Lipinski definition) is 2. The molecule has 0 aliphatic carbocycles. The van der Waals surface area contributed by atoms with E-state index in [1.165, 1.54) is 19.2 Å². The highest BCUT2D eigenvalue weighted by molar-refractivity contribution is 5.30. The Morgan fingerprint density at radius 1 is 1.47 bits per heavy atom. The van der Waals surface area contributed by atoms with E-state index < -0.39 is 12.0 Å². The molecule has 1 aromatic rings. The van der Waals surface area contributed by atoms with Crippen molar-refractivity contribution in [1.29, 1.82) is 0 Å². The maximum absolute atomic E-state index is 14.2. The molecule has 1 heterocycles. The second kappa shape index (κ2) is 5.45. The smallest absolute Gasteiger partial charge is 0.165 e. The molecule has 0 saturated carbocycles. The zero-order chi connectivity index (χ0) is 12.3. The molecule has 1 aromatic carbocycles. The second-order valence-corrected chi connectivity index (χ2v) is 4.40. The van der Waals surface area contributed by atoms with E-state index in [1.807, 2.05) is 0 Å². The summed E-state index contributed by atoms with van der Waals surface area (Å²) in [5.41, 5.74) is 0.400. The van der Waals surface area contributed by atoms with Crippen LogP contribution in [0.3, 0.4) is 0 Å². The molecule has 0 aromatic heterocycles. The Morgan fingerprint density at radius 2 is 2.29 bits per heavy atom. The fourth-order valence-electron chi connectivity index (χ4n) is 2.25. The van der Waals surface area contributed by atoms with Crippen LogP contribution in [-0.2, 0) is 0 Å². The van der Waals surface area contributed by atoms with Gasteiger partial charge in [0, 0.05) is 12.5 Å².